The van der Waals surface area contributed by atoms with Crippen molar-refractivity contribution in [2.24, 2.45) is 5.92 Å². The van der Waals surface area contributed by atoms with Gasteiger partial charge in [-0.25, -0.2) is 0 Å². The molecule has 1 aromatic carbocycles. The van der Waals surface area contributed by atoms with Crippen LogP contribution in [0.25, 0.3) is 16.5 Å². The summed E-state index contributed by atoms with van der Waals surface area (Å²) in [6.45, 7) is -14.7. The first-order valence-electron chi connectivity index (χ1n) is 15.8. The first-order valence-corrected chi connectivity index (χ1v) is 10.2. The number of rotatable bonds is 3. The topological polar surface area (TPSA) is 93.7 Å². The molecule has 0 spiro atoms. The first-order chi connectivity index (χ1) is 20.4. The van der Waals surface area contributed by atoms with Crippen LogP contribution in [0.5, 0.6) is 0 Å². The van der Waals surface area contributed by atoms with E-state index in [1.165, 1.54) is 6.08 Å². The number of alkyl halides is 3. The number of aromatic amines is 1. The van der Waals surface area contributed by atoms with Crippen LogP contribution in [-0.2, 0) is 21.3 Å². The number of H-pyrrole nitrogens is 1. The Balaban J connectivity index is 0.000000637. The molecule has 2 N–H and O–H groups in total. The molecule has 2 heterocycles. The zero-order valence-corrected chi connectivity index (χ0v) is 17.1. The first kappa shape index (κ1) is 11.7. The fourth-order valence-corrected chi connectivity index (χ4v) is 3.59. The number of carbonyl (C=O) groups is 1. The summed E-state index contributed by atoms with van der Waals surface area (Å²) in [6.07, 6.45) is 1.61. The van der Waals surface area contributed by atoms with Gasteiger partial charge < -0.3 is 9.88 Å². The number of benzene rings is 1. The Kier molecular flexibility index (Phi) is 3.23. The van der Waals surface area contributed by atoms with Crippen molar-refractivity contribution >= 4 is 32.5 Å². The molecule has 0 saturated heterocycles. The second-order valence-electron chi connectivity index (χ2n) is 6.93. The van der Waals surface area contributed by atoms with Gasteiger partial charge in [-0.2, -0.15) is 21.6 Å². The van der Waals surface area contributed by atoms with Crippen LogP contribution in [0.4, 0.5) is 13.2 Å². The van der Waals surface area contributed by atoms with Crippen molar-refractivity contribution in [1.29, 1.82) is 0 Å². The monoisotopic (exact) mass is 487 g/mol. The number of hydrogen-bond acceptors (Lipinski definition) is 4. The normalized spacial score (nSPS) is 28.8. The third-order valence-electron chi connectivity index (χ3n) is 5.01. The van der Waals surface area contributed by atoms with E-state index in [0.29, 0.717) is 16.5 Å². The van der Waals surface area contributed by atoms with E-state index in [2.05, 4.69) is 4.98 Å². The number of fused-ring (bicyclic) bond motifs is 2. The minimum atomic E-state index is -5.84. The molecule has 2 atom stereocenters. The number of carbonyl (C=O) groups excluding carboxylic acids is 1. The molecule has 2 aromatic rings. The van der Waals surface area contributed by atoms with Crippen LogP contribution >= 0.6 is 0 Å². The van der Waals surface area contributed by atoms with Gasteiger partial charge >= 0.3 is 15.6 Å². The lowest BCUT2D eigenvalue weighted by Gasteiger charge is -2.40. The van der Waals surface area contributed by atoms with Crippen molar-refractivity contribution in [2.75, 3.05) is 26.6 Å². The maximum atomic E-state index is 13.7. The zero-order chi connectivity index (χ0) is 35.9. The third-order valence-corrected chi connectivity index (χ3v) is 5.60. The van der Waals surface area contributed by atoms with Gasteiger partial charge in [0.15, 0.2) is 0 Å². The molecule has 176 valence electrons. The largest absolute Gasteiger partial charge is 0.522 e. The quantitative estimate of drug-likeness (QED) is 0.512. The van der Waals surface area contributed by atoms with Crippen LogP contribution in [0.3, 0.4) is 0 Å². The molecule has 11 heteroatoms. The highest BCUT2D eigenvalue weighted by Gasteiger charge is 2.44. The fourth-order valence-electron chi connectivity index (χ4n) is 3.59. The molecule has 0 fully saturated rings. The average Bonchev–Trinajstić information content (AvgIpc) is 3.19. The second-order valence-corrected chi connectivity index (χ2v) is 8.35. The van der Waals surface area contributed by atoms with E-state index in [4.69, 9.17) is 32.2 Å². The summed E-state index contributed by atoms with van der Waals surface area (Å²) in [4.78, 5) is 17.8. The molecule has 0 radical (unpaired) electrons. The van der Waals surface area contributed by atoms with Gasteiger partial charge in [-0.3, -0.25) is 14.2 Å². The van der Waals surface area contributed by atoms with Crippen LogP contribution < -0.4 is 0 Å². The molecule has 0 bridgehead atoms. The Bertz CT molecular complexity index is 1680. The average molecular weight is 488 g/mol. The summed E-state index contributed by atoms with van der Waals surface area (Å²) >= 11 is 0. The van der Waals surface area contributed by atoms with Crippen molar-refractivity contribution in [3.8, 4) is 0 Å². The molecule has 1 aliphatic carbocycles. The predicted molar refractivity (Wildman–Crippen MR) is 115 cm³/mol. The Morgan fingerprint density at radius 2 is 2.06 bits per heavy atom. The van der Waals surface area contributed by atoms with Crippen molar-refractivity contribution in [1.82, 2.24) is 14.8 Å². The number of hydrogen-bond donors (Lipinski definition) is 2. The summed E-state index contributed by atoms with van der Waals surface area (Å²) in [7, 11) is -4.24. The SMILES string of the molecule is O=S(=O)(O)C(F)(F)F.[2H]c1[nH]c2c([2H])c([2H])c([2H])c3c2c1C[C@@H]1C3=C[C@@H](C(=O)N(C([2H])([2H])C([2H])([2H])[2H])C([2H])([2H])C([2H])([2H])[2H])CN1C. The van der Waals surface area contributed by atoms with Gasteiger partial charge in [0.1, 0.15) is 0 Å². The third kappa shape index (κ3) is 4.55. The molecule has 1 aliphatic heterocycles. The van der Waals surface area contributed by atoms with Gasteiger partial charge in [-0.1, -0.05) is 18.2 Å². The number of nitrogens with zero attached hydrogens (tertiary/aromatic N) is 2. The van der Waals surface area contributed by atoms with Gasteiger partial charge in [-0.15, -0.1) is 0 Å². The number of aromatic nitrogens is 1. The van der Waals surface area contributed by atoms with E-state index in [1.807, 2.05) is 0 Å². The summed E-state index contributed by atoms with van der Waals surface area (Å²) < 4.78 is 169. The molecule has 0 unspecified atom stereocenters. The van der Waals surface area contributed by atoms with Gasteiger partial charge in [0, 0.05) is 56.4 Å². The molecular weight excluding hydrogens is 447 g/mol. The number of halogens is 3. The molecule has 1 amide bonds. The minimum Gasteiger partial charge on any atom is -0.361 e. The van der Waals surface area contributed by atoms with Crippen molar-refractivity contribution < 1.29 is 50.1 Å². The highest BCUT2D eigenvalue weighted by Crippen LogP contribution is 2.40. The molecule has 32 heavy (non-hydrogen) atoms. The van der Waals surface area contributed by atoms with Crippen LogP contribution in [0, 0.1) is 5.92 Å². The standard InChI is InChI=1S/C20H25N3O.CHF3O3S/c1-4-23(5-2)20(24)14-9-16-15-7-6-8-17-19(15)13(11-21-17)10-18(16)22(3)12-14;2-1(3,4)8(5,6)7/h6-9,11,14,18,21H,4-5,10,12H2,1-3H3;(H,5,6,7)/t14-,18-;/m1./s1/i1D3,2D3,4D2,5D2,6D,7D,8D,11D;. The molecule has 1 aromatic heterocycles. The van der Waals surface area contributed by atoms with Crippen LogP contribution in [0.2, 0.25) is 0 Å². The predicted octanol–water partition coefficient (Wildman–Crippen LogP) is 3.30. The number of amides is 1. The second kappa shape index (κ2) is 8.87. The summed E-state index contributed by atoms with van der Waals surface area (Å²) in [5.41, 5.74) is -4.30. The van der Waals surface area contributed by atoms with E-state index in [0.717, 1.165) is 0 Å². The van der Waals surface area contributed by atoms with E-state index < -0.39 is 66.2 Å². The maximum absolute atomic E-state index is 13.7. The van der Waals surface area contributed by atoms with E-state index in [1.54, 1.807) is 11.9 Å². The van der Waals surface area contributed by atoms with Gasteiger partial charge in [-0.05, 0) is 49.9 Å². The lowest BCUT2D eigenvalue weighted by molar-refractivity contribution is -0.134. The van der Waals surface area contributed by atoms with Crippen molar-refractivity contribution in [3.63, 3.8) is 0 Å². The molecule has 7 nitrogen and oxygen atoms in total. The zero-order valence-electron chi connectivity index (χ0n) is 30.3. The summed E-state index contributed by atoms with van der Waals surface area (Å²) in [5.74, 6) is -2.81. The van der Waals surface area contributed by atoms with Crippen molar-refractivity contribution in [3.05, 3.63) is 41.5 Å². The van der Waals surface area contributed by atoms with Gasteiger partial charge in [0.2, 0.25) is 5.91 Å². The Morgan fingerprint density at radius 1 is 1.41 bits per heavy atom. The highest BCUT2D eigenvalue weighted by atomic mass is 32.2. The van der Waals surface area contributed by atoms with E-state index in [9.17, 15) is 18.0 Å². The molecular formula is C21H26F3N3O4S. The Hall–Kier alpha value is -2.37. The lowest BCUT2D eigenvalue weighted by atomic mass is 9.79. The Morgan fingerprint density at radius 3 is 2.66 bits per heavy atom. The van der Waals surface area contributed by atoms with E-state index >= 15 is 0 Å². The Labute approximate surface area is 204 Å². The van der Waals surface area contributed by atoms with Crippen molar-refractivity contribution in [2.45, 2.75) is 31.7 Å². The van der Waals surface area contributed by atoms with Gasteiger partial charge in [0.25, 0.3) is 0 Å². The smallest absolute Gasteiger partial charge is 0.361 e. The van der Waals surface area contributed by atoms with E-state index in [-0.39, 0.29) is 47.2 Å². The molecule has 4 rings (SSSR count). The fraction of sp³-hybridized carbons (Fsp3) is 0.476. The molecule has 0 saturated carbocycles. The number of likely N-dealkylation sites (N-methyl/N-ethyl adjacent to an activating group) is 1. The lowest BCUT2D eigenvalue weighted by Crippen LogP contribution is -2.47. The van der Waals surface area contributed by atoms with Crippen LogP contribution in [-0.4, -0.2) is 71.8 Å². The highest BCUT2D eigenvalue weighted by molar-refractivity contribution is 7.86. The summed E-state index contributed by atoms with van der Waals surface area (Å²) in [6, 6.07) is -1.51. The van der Waals surface area contributed by atoms with Gasteiger partial charge in [0.05, 0.1) is 11.4 Å². The molecule has 2 aliphatic rings. The summed E-state index contributed by atoms with van der Waals surface area (Å²) in [5, 5.41) is 0.373. The number of nitrogens with one attached hydrogen (secondary N) is 1. The van der Waals surface area contributed by atoms with Crippen LogP contribution in [0.15, 0.2) is 30.4 Å². The van der Waals surface area contributed by atoms with Crippen LogP contribution in [0.1, 0.15) is 44.0 Å². The minimum absolute atomic E-state index is 0.0216. The maximum Gasteiger partial charge on any atom is 0.522 e.